The number of benzene rings is 2. The Balaban J connectivity index is 2.09. The van der Waals surface area contributed by atoms with Crippen molar-refractivity contribution in [3.8, 4) is 0 Å². The minimum atomic E-state index is -0.345. The molecular formula is C14H14FN3O. The summed E-state index contributed by atoms with van der Waals surface area (Å²) in [6.07, 6.45) is 0. The summed E-state index contributed by atoms with van der Waals surface area (Å²) >= 11 is 0. The lowest BCUT2D eigenvalue weighted by atomic mass is 10.2. The summed E-state index contributed by atoms with van der Waals surface area (Å²) < 4.78 is 12.8. The van der Waals surface area contributed by atoms with Gasteiger partial charge in [0.1, 0.15) is 5.82 Å². The van der Waals surface area contributed by atoms with E-state index in [0.717, 1.165) is 0 Å². The Kier molecular flexibility index (Phi) is 3.66. The molecule has 4 nitrogen and oxygen atoms in total. The van der Waals surface area contributed by atoms with Gasteiger partial charge in [0, 0.05) is 24.1 Å². The van der Waals surface area contributed by atoms with Crippen LogP contribution in [0.1, 0.15) is 0 Å². The number of anilines is 3. The lowest BCUT2D eigenvalue weighted by Gasteiger charge is -2.18. The van der Waals surface area contributed by atoms with E-state index in [-0.39, 0.29) is 11.8 Å². The highest BCUT2D eigenvalue weighted by molar-refractivity contribution is 6.01. The Labute approximate surface area is 110 Å². The number of carbonyl (C=O) groups excluding carboxylic acids is 1. The number of carbonyl (C=O) groups is 1. The van der Waals surface area contributed by atoms with Gasteiger partial charge in [0.25, 0.3) is 0 Å². The zero-order valence-electron chi connectivity index (χ0n) is 10.4. The molecular weight excluding hydrogens is 245 g/mol. The summed E-state index contributed by atoms with van der Waals surface area (Å²) in [6.45, 7) is 0. The van der Waals surface area contributed by atoms with Crippen LogP contribution < -0.4 is 16.0 Å². The predicted octanol–water partition coefficient (Wildman–Crippen LogP) is 3.08. The highest BCUT2D eigenvalue weighted by Gasteiger charge is 2.10. The van der Waals surface area contributed by atoms with Crippen LogP contribution in [0.2, 0.25) is 0 Å². The fourth-order valence-electron chi connectivity index (χ4n) is 1.59. The number of nitrogens with zero attached hydrogens (tertiary/aromatic N) is 1. The van der Waals surface area contributed by atoms with Crippen molar-refractivity contribution in [3.05, 3.63) is 54.3 Å². The van der Waals surface area contributed by atoms with Crippen LogP contribution in [-0.2, 0) is 0 Å². The summed E-state index contributed by atoms with van der Waals surface area (Å²) in [7, 11) is 1.63. The molecule has 5 heteroatoms. The monoisotopic (exact) mass is 259 g/mol. The molecule has 0 radical (unpaired) electrons. The van der Waals surface area contributed by atoms with Crippen molar-refractivity contribution in [3.63, 3.8) is 0 Å². The van der Waals surface area contributed by atoms with Gasteiger partial charge in [0.05, 0.1) is 0 Å². The molecule has 2 aromatic rings. The zero-order valence-corrected chi connectivity index (χ0v) is 10.4. The van der Waals surface area contributed by atoms with Crippen molar-refractivity contribution < 1.29 is 9.18 Å². The molecule has 0 aliphatic carbocycles. The standard InChI is InChI=1S/C14H14FN3O/c1-18(13-4-2-3-11(16)9-13)14(19)17-12-7-5-10(15)6-8-12/h2-9H,16H2,1H3,(H,17,19). The van der Waals surface area contributed by atoms with E-state index in [1.807, 2.05) is 0 Å². The van der Waals surface area contributed by atoms with Gasteiger partial charge in [-0.15, -0.1) is 0 Å². The molecule has 2 aromatic carbocycles. The van der Waals surface area contributed by atoms with Gasteiger partial charge in [-0.05, 0) is 42.5 Å². The SMILES string of the molecule is CN(C(=O)Nc1ccc(F)cc1)c1cccc(N)c1. The van der Waals surface area contributed by atoms with Crippen molar-refractivity contribution in [1.29, 1.82) is 0 Å². The molecule has 2 amide bonds. The molecule has 0 atom stereocenters. The number of nitrogen functional groups attached to an aromatic ring is 1. The van der Waals surface area contributed by atoms with E-state index in [0.29, 0.717) is 17.1 Å². The summed E-state index contributed by atoms with van der Waals surface area (Å²) in [5.74, 6) is -0.345. The molecule has 0 aromatic heterocycles. The van der Waals surface area contributed by atoms with E-state index in [1.54, 1.807) is 31.3 Å². The fourth-order valence-corrected chi connectivity index (χ4v) is 1.59. The molecule has 0 unspecified atom stereocenters. The second-order valence-corrected chi connectivity index (χ2v) is 4.09. The Morgan fingerprint density at radius 2 is 1.89 bits per heavy atom. The molecule has 0 saturated heterocycles. The van der Waals surface area contributed by atoms with Gasteiger partial charge < -0.3 is 11.1 Å². The summed E-state index contributed by atoms with van der Waals surface area (Å²) in [5.41, 5.74) is 7.46. The number of nitrogens with one attached hydrogen (secondary N) is 1. The molecule has 2 rings (SSSR count). The Morgan fingerprint density at radius 3 is 2.53 bits per heavy atom. The number of hydrogen-bond donors (Lipinski definition) is 2. The molecule has 0 aliphatic heterocycles. The maximum atomic E-state index is 12.8. The fraction of sp³-hybridized carbons (Fsp3) is 0.0714. The third-order valence-corrected chi connectivity index (χ3v) is 2.66. The first-order valence-corrected chi connectivity index (χ1v) is 5.72. The molecule has 19 heavy (non-hydrogen) atoms. The molecule has 98 valence electrons. The minimum Gasteiger partial charge on any atom is -0.399 e. The lowest BCUT2D eigenvalue weighted by Crippen LogP contribution is -2.31. The van der Waals surface area contributed by atoms with Crippen molar-refractivity contribution >= 4 is 23.1 Å². The van der Waals surface area contributed by atoms with Gasteiger partial charge in [-0.3, -0.25) is 4.90 Å². The molecule has 0 aliphatic rings. The van der Waals surface area contributed by atoms with Crippen molar-refractivity contribution in [2.24, 2.45) is 0 Å². The minimum absolute atomic E-state index is 0.322. The molecule has 0 spiro atoms. The van der Waals surface area contributed by atoms with E-state index < -0.39 is 0 Å². The molecule has 0 heterocycles. The number of halogens is 1. The van der Waals surface area contributed by atoms with E-state index in [2.05, 4.69) is 5.32 Å². The topological polar surface area (TPSA) is 58.4 Å². The van der Waals surface area contributed by atoms with Gasteiger partial charge in [-0.2, -0.15) is 0 Å². The van der Waals surface area contributed by atoms with Crippen molar-refractivity contribution in [2.75, 3.05) is 23.0 Å². The third kappa shape index (κ3) is 3.22. The predicted molar refractivity (Wildman–Crippen MR) is 74.7 cm³/mol. The molecule has 0 fully saturated rings. The molecule has 3 N–H and O–H groups in total. The van der Waals surface area contributed by atoms with E-state index in [9.17, 15) is 9.18 Å². The van der Waals surface area contributed by atoms with Gasteiger partial charge in [0.2, 0.25) is 0 Å². The van der Waals surface area contributed by atoms with Gasteiger partial charge in [-0.25, -0.2) is 9.18 Å². The second-order valence-electron chi connectivity index (χ2n) is 4.09. The zero-order chi connectivity index (χ0) is 13.8. The van der Waals surface area contributed by atoms with Crippen LogP contribution in [-0.4, -0.2) is 13.1 Å². The number of hydrogen-bond acceptors (Lipinski definition) is 2. The molecule has 0 bridgehead atoms. The van der Waals surface area contributed by atoms with Crippen LogP contribution >= 0.6 is 0 Å². The summed E-state index contributed by atoms with van der Waals surface area (Å²) in [6, 6.07) is 12.2. The van der Waals surface area contributed by atoms with Crippen LogP contribution in [0.25, 0.3) is 0 Å². The number of nitrogens with two attached hydrogens (primary N) is 1. The number of urea groups is 1. The Morgan fingerprint density at radius 1 is 1.21 bits per heavy atom. The van der Waals surface area contributed by atoms with E-state index in [1.165, 1.54) is 29.2 Å². The van der Waals surface area contributed by atoms with Crippen LogP contribution in [0.3, 0.4) is 0 Å². The first-order valence-electron chi connectivity index (χ1n) is 5.72. The normalized spacial score (nSPS) is 10.0. The average Bonchev–Trinajstić information content (AvgIpc) is 2.40. The van der Waals surface area contributed by atoms with Gasteiger partial charge in [0.15, 0.2) is 0 Å². The number of rotatable bonds is 2. The summed E-state index contributed by atoms with van der Waals surface area (Å²) in [5, 5.41) is 2.67. The maximum Gasteiger partial charge on any atom is 0.326 e. The van der Waals surface area contributed by atoms with Gasteiger partial charge >= 0.3 is 6.03 Å². The highest BCUT2D eigenvalue weighted by atomic mass is 19.1. The van der Waals surface area contributed by atoms with Crippen LogP contribution in [0, 0.1) is 5.82 Å². The Bertz CT molecular complexity index is 583. The van der Waals surface area contributed by atoms with Crippen LogP contribution in [0.15, 0.2) is 48.5 Å². The Hall–Kier alpha value is -2.56. The highest BCUT2D eigenvalue weighted by Crippen LogP contribution is 2.17. The van der Waals surface area contributed by atoms with E-state index >= 15 is 0 Å². The van der Waals surface area contributed by atoms with Crippen molar-refractivity contribution in [2.45, 2.75) is 0 Å². The first kappa shape index (κ1) is 12.9. The summed E-state index contributed by atoms with van der Waals surface area (Å²) in [4.78, 5) is 13.4. The van der Waals surface area contributed by atoms with Crippen LogP contribution in [0.5, 0.6) is 0 Å². The smallest absolute Gasteiger partial charge is 0.326 e. The van der Waals surface area contributed by atoms with E-state index in [4.69, 9.17) is 5.73 Å². The first-order chi connectivity index (χ1) is 9.06. The average molecular weight is 259 g/mol. The number of amides is 2. The molecule has 0 saturated carbocycles. The second kappa shape index (κ2) is 5.39. The quantitative estimate of drug-likeness (QED) is 0.814. The maximum absolute atomic E-state index is 12.8. The largest absolute Gasteiger partial charge is 0.399 e. The van der Waals surface area contributed by atoms with Crippen molar-refractivity contribution in [1.82, 2.24) is 0 Å². The van der Waals surface area contributed by atoms with Crippen LogP contribution in [0.4, 0.5) is 26.2 Å². The third-order valence-electron chi connectivity index (χ3n) is 2.66. The van der Waals surface area contributed by atoms with Gasteiger partial charge in [-0.1, -0.05) is 6.07 Å². The lowest BCUT2D eigenvalue weighted by molar-refractivity contribution is 0.258.